The molecule has 2 unspecified atom stereocenters. The second-order valence-corrected chi connectivity index (χ2v) is 12.1. The second-order valence-electron chi connectivity index (χ2n) is 10.7. The average molecular weight is 586 g/mol. The first-order chi connectivity index (χ1) is 20.1. The van der Waals surface area contributed by atoms with E-state index in [4.69, 9.17) is 5.73 Å². The molecule has 0 aliphatic carbocycles. The van der Waals surface area contributed by atoms with E-state index in [1.54, 1.807) is 42.5 Å². The van der Waals surface area contributed by atoms with E-state index in [0.29, 0.717) is 19.5 Å². The normalized spacial score (nSPS) is 16.6. The molecule has 5 aromatic rings. The smallest absolute Gasteiger partial charge is 0.313 e. The van der Waals surface area contributed by atoms with Crippen molar-refractivity contribution in [3.05, 3.63) is 109 Å². The SMILES string of the molecule is Cn1cncc1CN1CC(C(C(N)=O)(c2nc(S(=O)(=O)O)cn2C)n2cccc2)Cc2cc(-c3ccccc3)ccc21. The molecular formula is C30H31N7O4S. The molecule has 12 heteroatoms. The molecule has 11 nitrogen and oxygen atoms in total. The maximum atomic E-state index is 13.8. The molecule has 2 atom stereocenters. The molecule has 216 valence electrons. The minimum absolute atomic E-state index is 0.118. The van der Waals surface area contributed by atoms with Crippen molar-refractivity contribution >= 4 is 21.7 Å². The number of hydrogen-bond acceptors (Lipinski definition) is 6. The Labute approximate surface area is 243 Å². The lowest BCUT2D eigenvalue weighted by Crippen LogP contribution is -2.58. The number of hydrogen-bond donors (Lipinski definition) is 2. The van der Waals surface area contributed by atoms with Gasteiger partial charge in [-0.15, -0.1) is 0 Å². The zero-order chi connectivity index (χ0) is 29.6. The van der Waals surface area contributed by atoms with Crippen molar-refractivity contribution in [1.29, 1.82) is 0 Å². The monoisotopic (exact) mass is 585 g/mol. The van der Waals surface area contributed by atoms with Gasteiger partial charge in [0.1, 0.15) is 5.82 Å². The van der Waals surface area contributed by atoms with Crippen LogP contribution < -0.4 is 10.6 Å². The van der Waals surface area contributed by atoms with Gasteiger partial charge in [-0.25, -0.2) is 9.97 Å². The molecule has 3 aromatic heterocycles. The van der Waals surface area contributed by atoms with Gasteiger partial charge in [0.25, 0.3) is 5.91 Å². The summed E-state index contributed by atoms with van der Waals surface area (Å²) in [5, 5.41) is -0.549. The lowest BCUT2D eigenvalue weighted by atomic mass is 9.75. The van der Waals surface area contributed by atoms with Crippen LogP contribution >= 0.6 is 0 Å². The van der Waals surface area contributed by atoms with E-state index in [0.717, 1.165) is 28.1 Å². The fraction of sp³-hybridized carbons (Fsp3) is 0.233. The summed E-state index contributed by atoms with van der Waals surface area (Å²) < 4.78 is 39.1. The third-order valence-electron chi connectivity index (χ3n) is 8.14. The predicted molar refractivity (Wildman–Crippen MR) is 157 cm³/mol. The summed E-state index contributed by atoms with van der Waals surface area (Å²) in [6, 6.07) is 19.9. The van der Waals surface area contributed by atoms with Crippen LogP contribution in [0.25, 0.3) is 11.1 Å². The first kappa shape index (κ1) is 27.5. The van der Waals surface area contributed by atoms with E-state index >= 15 is 0 Å². The summed E-state index contributed by atoms with van der Waals surface area (Å²) >= 11 is 0. The Morgan fingerprint density at radius 2 is 1.79 bits per heavy atom. The Morgan fingerprint density at radius 3 is 2.40 bits per heavy atom. The molecule has 6 rings (SSSR count). The van der Waals surface area contributed by atoms with Gasteiger partial charge in [0.2, 0.25) is 5.03 Å². The van der Waals surface area contributed by atoms with Crippen LogP contribution in [-0.2, 0) is 47.5 Å². The molecule has 0 bridgehead atoms. The Kier molecular flexibility index (Phi) is 6.74. The number of primary amides is 1. The van der Waals surface area contributed by atoms with Crippen molar-refractivity contribution in [2.24, 2.45) is 25.7 Å². The van der Waals surface area contributed by atoms with Crippen LogP contribution in [0.15, 0.2) is 96.8 Å². The largest absolute Gasteiger partial charge is 0.367 e. The number of nitrogens with zero attached hydrogens (tertiary/aromatic N) is 6. The van der Waals surface area contributed by atoms with Gasteiger partial charge in [-0.2, -0.15) is 8.42 Å². The first-order valence-corrected chi connectivity index (χ1v) is 14.9. The van der Waals surface area contributed by atoms with Gasteiger partial charge < -0.3 is 24.3 Å². The fourth-order valence-corrected chi connectivity index (χ4v) is 6.65. The van der Waals surface area contributed by atoms with Crippen LogP contribution in [0.1, 0.15) is 17.1 Å². The van der Waals surface area contributed by atoms with E-state index in [1.807, 2.05) is 48.1 Å². The summed E-state index contributed by atoms with van der Waals surface area (Å²) in [6.45, 7) is 0.917. The number of amides is 1. The average Bonchev–Trinajstić information content (AvgIpc) is 3.72. The molecule has 1 aliphatic rings. The topological polar surface area (TPSA) is 141 Å². The minimum atomic E-state index is -4.64. The molecule has 1 amide bonds. The van der Waals surface area contributed by atoms with E-state index in [2.05, 4.69) is 33.1 Å². The standard InChI is InChI=1S/C30H31N7O4S/c1-34-19-27(42(39,40)41)33-29(34)30(28(31)38,37-12-6-7-13-37)24-15-23-14-22(21-8-4-3-5-9-21)10-11-26(23)36(17-24)18-25-16-32-20-35(25)2/h3-14,16,19-20,24H,15,17-18H2,1-2H3,(H2,31,38)(H,39,40,41). The number of fused-ring (bicyclic) bond motifs is 1. The van der Waals surface area contributed by atoms with Crippen LogP contribution in [0.2, 0.25) is 0 Å². The van der Waals surface area contributed by atoms with Crippen molar-refractivity contribution in [1.82, 2.24) is 23.7 Å². The van der Waals surface area contributed by atoms with Gasteiger partial charge in [0, 0.05) is 57.0 Å². The fourth-order valence-electron chi connectivity index (χ4n) is 6.16. The van der Waals surface area contributed by atoms with Crippen molar-refractivity contribution in [3.63, 3.8) is 0 Å². The molecule has 0 radical (unpaired) electrons. The van der Waals surface area contributed by atoms with E-state index in [9.17, 15) is 17.8 Å². The molecule has 2 aromatic carbocycles. The molecule has 3 N–H and O–H groups in total. The summed E-state index contributed by atoms with van der Waals surface area (Å²) in [5.41, 5.74) is 9.82. The number of aryl methyl sites for hydroxylation is 2. The van der Waals surface area contributed by atoms with Gasteiger partial charge in [-0.3, -0.25) is 9.35 Å². The summed E-state index contributed by atoms with van der Waals surface area (Å²) in [6.07, 6.45) is 8.67. The highest BCUT2D eigenvalue weighted by Gasteiger charge is 2.53. The highest BCUT2D eigenvalue weighted by atomic mass is 32.2. The number of carbonyl (C=O) groups excluding carboxylic acids is 1. The van der Waals surface area contributed by atoms with Crippen molar-refractivity contribution in [2.45, 2.75) is 23.5 Å². The molecule has 0 spiro atoms. The number of aromatic nitrogens is 5. The molecule has 0 saturated heterocycles. The lowest BCUT2D eigenvalue weighted by molar-refractivity contribution is -0.127. The number of rotatable bonds is 8. The van der Waals surface area contributed by atoms with Crippen molar-refractivity contribution in [3.8, 4) is 11.1 Å². The van der Waals surface area contributed by atoms with Gasteiger partial charge in [0.15, 0.2) is 5.54 Å². The maximum absolute atomic E-state index is 13.8. The highest BCUT2D eigenvalue weighted by molar-refractivity contribution is 7.85. The second kappa shape index (κ2) is 10.3. The van der Waals surface area contributed by atoms with Crippen molar-refractivity contribution in [2.75, 3.05) is 11.4 Å². The lowest BCUT2D eigenvalue weighted by Gasteiger charge is -2.45. The van der Waals surface area contributed by atoms with Gasteiger partial charge >= 0.3 is 10.1 Å². The zero-order valence-electron chi connectivity index (χ0n) is 23.2. The summed E-state index contributed by atoms with van der Waals surface area (Å²) in [5.74, 6) is -1.06. The minimum Gasteiger partial charge on any atom is -0.367 e. The van der Waals surface area contributed by atoms with Crippen LogP contribution in [0.5, 0.6) is 0 Å². The quantitative estimate of drug-likeness (QED) is 0.267. The van der Waals surface area contributed by atoms with Crippen LogP contribution in [0, 0.1) is 5.92 Å². The van der Waals surface area contributed by atoms with Crippen molar-refractivity contribution < 1.29 is 17.8 Å². The number of anilines is 1. The zero-order valence-corrected chi connectivity index (χ0v) is 24.0. The third-order valence-corrected chi connectivity index (χ3v) is 8.87. The van der Waals surface area contributed by atoms with Crippen LogP contribution in [0.4, 0.5) is 5.69 Å². The molecule has 0 fully saturated rings. The Morgan fingerprint density at radius 1 is 1.05 bits per heavy atom. The third kappa shape index (κ3) is 4.58. The number of imidazole rings is 2. The van der Waals surface area contributed by atoms with Gasteiger partial charge in [-0.1, -0.05) is 36.4 Å². The van der Waals surface area contributed by atoms with E-state index < -0.39 is 32.5 Å². The molecule has 4 heterocycles. The summed E-state index contributed by atoms with van der Waals surface area (Å²) in [7, 11) is -1.11. The van der Waals surface area contributed by atoms with Gasteiger partial charge in [-0.05, 0) is 47.4 Å². The molecule has 0 saturated carbocycles. The number of carbonyl (C=O) groups is 1. The summed E-state index contributed by atoms with van der Waals surface area (Å²) in [4.78, 5) is 24.6. The highest BCUT2D eigenvalue weighted by Crippen LogP contribution is 2.43. The number of benzene rings is 2. The maximum Gasteiger partial charge on any atom is 0.313 e. The number of nitrogens with two attached hydrogens (primary N) is 1. The first-order valence-electron chi connectivity index (χ1n) is 13.4. The van der Waals surface area contributed by atoms with Gasteiger partial charge in [0.05, 0.1) is 18.6 Å². The Balaban J connectivity index is 1.56. The molecule has 42 heavy (non-hydrogen) atoms. The molecule has 1 aliphatic heterocycles. The molecular weight excluding hydrogens is 554 g/mol. The van der Waals surface area contributed by atoms with E-state index in [1.165, 1.54) is 10.8 Å². The van der Waals surface area contributed by atoms with Crippen LogP contribution in [-0.4, -0.2) is 49.1 Å². The Hall–Kier alpha value is -4.68. The van der Waals surface area contributed by atoms with Crippen LogP contribution in [0.3, 0.4) is 0 Å². The predicted octanol–water partition coefficient (Wildman–Crippen LogP) is 2.98. The Bertz CT molecular complexity index is 1860. The van der Waals surface area contributed by atoms with E-state index in [-0.39, 0.29) is 5.82 Å².